The van der Waals surface area contributed by atoms with Gasteiger partial charge in [-0.2, -0.15) is 0 Å². The van der Waals surface area contributed by atoms with E-state index in [0.717, 1.165) is 23.3 Å². The largest absolute Gasteiger partial charge is 0.459 e. The summed E-state index contributed by atoms with van der Waals surface area (Å²) in [5.74, 6) is 1.40. The van der Waals surface area contributed by atoms with E-state index in [-0.39, 0.29) is 18.6 Å². The highest BCUT2D eigenvalue weighted by Gasteiger charge is 2.32. The van der Waals surface area contributed by atoms with Gasteiger partial charge in [0, 0.05) is 28.9 Å². The van der Waals surface area contributed by atoms with Crippen molar-refractivity contribution in [2.75, 3.05) is 6.61 Å². The van der Waals surface area contributed by atoms with Crippen LogP contribution in [0.4, 0.5) is 0 Å². The number of furan rings is 1. The molecule has 1 saturated carbocycles. The third-order valence-electron chi connectivity index (χ3n) is 4.04. The van der Waals surface area contributed by atoms with Crippen molar-refractivity contribution in [2.45, 2.75) is 36.0 Å². The number of benzene rings is 1. The minimum atomic E-state index is -0.177. The Hall–Kier alpha value is -1.72. The van der Waals surface area contributed by atoms with Crippen molar-refractivity contribution in [2.24, 2.45) is 5.92 Å². The number of aliphatic hydroxyl groups excluding tert-OH is 1. The smallest absolute Gasteiger partial charge is 0.287 e. The SMILES string of the molecule is O=C(NC(CCO)C1CC1)c1occc1CSc1ccccc1. The predicted octanol–water partition coefficient (Wildman–Crippen LogP) is 3.46. The first-order chi connectivity index (χ1) is 11.3. The van der Waals surface area contributed by atoms with Gasteiger partial charge in [-0.05, 0) is 43.4 Å². The monoisotopic (exact) mass is 331 g/mol. The molecule has 2 aromatic rings. The third-order valence-corrected chi connectivity index (χ3v) is 5.10. The van der Waals surface area contributed by atoms with Gasteiger partial charge in [-0.3, -0.25) is 4.79 Å². The molecule has 5 heteroatoms. The van der Waals surface area contributed by atoms with Crippen LogP contribution < -0.4 is 5.32 Å². The van der Waals surface area contributed by atoms with Gasteiger partial charge in [-0.25, -0.2) is 0 Å². The molecule has 0 bridgehead atoms. The summed E-state index contributed by atoms with van der Waals surface area (Å²) in [6, 6.07) is 12.0. The van der Waals surface area contributed by atoms with E-state index in [2.05, 4.69) is 17.4 Å². The molecule has 1 aliphatic carbocycles. The summed E-state index contributed by atoms with van der Waals surface area (Å²) in [5, 5.41) is 12.2. The van der Waals surface area contributed by atoms with Crippen molar-refractivity contribution >= 4 is 17.7 Å². The molecule has 1 atom stereocenters. The number of aliphatic hydroxyl groups is 1. The average Bonchev–Trinajstić information content (AvgIpc) is 3.31. The molecule has 1 amide bonds. The predicted molar refractivity (Wildman–Crippen MR) is 90.4 cm³/mol. The van der Waals surface area contributed by atoms with Gasteiger partial charge >= 0.3 is 0 Å². The van der Waals surface area contributed by atoms with E-state index >= 15 is 0 Å². The number of hydrogen-bond donors (Lipinski definition) is 2. The first kappa shape index (κ1) is 16.1. The van der Waals surface area contributed by atoms with Crippen LogP contribution in [0.3, 0.4) is 0 Å². The molecule has 1 aromatic carbocycles. The standard InChI is InChI=1S/C18H21NO3S/c20-10-8-16(13-6-7-13)19-18(21)17-14(9-11-22-17)12-23-15-4-2-1-3-5-15/h1-5,9,11,13,16,20H,6-8,10,12H2,(H,19,21). The lowest BCUT2D eigenvalue weighted by Crippen LogP contribution is -2.37. The first-order valence-electron chi connectivity index (χ1n) is 7.94. The van der Waals surface area contributed by atoms with E-state index in [0.29, 0.717) is 23.9 Å². The van der Waals surface area contributed by atoms with Crippen LogP contribution in [0.25, 0.3) is 0 Å². The number of amides is 1. The van der Waals surface area contributed by atoms with Crippen LogP contribution in [0.1, 0.15) is 35.4 Å². The molecule has 0 aliphatic heterocycles. The maximum Gasteiger partial charge on any atom is 0.287 e. The fourth-order valence-corrected chi connectivity index (χ4v) is 3.52. The van der Waals surface area contributed by atoms with Crippen molar-refractivity contribution in [1.29, 1.82) is 0 Å². The summed E-state index contributed by atoms with van der Waals surface area (Å²) in [4.78, 5) is 13.6. The quantitative estimate of drug-likeness (QED) is 0.727. The summed E-state index contributed by atoms with van der Waals surface area (Å²) < 4.78 is 5.41. The topological polar surface area (TPSA) is 62.5 Å². The van der Waals surface area contributed by atoms with E-state index in [4.69, 9.17) is 9.52 Å². The summed E-state index contributed by atoms with van der Waals surface area (Å²) in [7, 11) is 0. The van der Waals surface area contributed by atoms with Gasteiger partial charge in [-0.1, -0.05) is 18.2 Å². The van der Waals surface area contributed by atoms with E-state index in [1.54, 1.807) is 18.0 Å². The second kappa shape index (κ2) is 7.70. The highest BCUT2D eigenvalue weighted by molar-refractivity contribution is 7.98. The number of carbonyl (C=O) groups is 1. The number of carbonyl (C=O) groups excluding carboxylic acids is 1. The molecule has 0 radical (unpaired) electrons. The molecular formula is C18H21NO3S. The lowest BCUT2D eigenvalue weighted by molar-refractivity contribution is 0.0895. The lowest BCUT2D eigenvalue weighted by atomic mass is 10.1. The van der Waals surface area contributed by atoms with Crippen LogP contribution in [-0.4, -0.2) is 23.7 Å². The van der Waals surface area contributed by atoms with E-state index in [9.17, 15) is 4.79 Å². The Kier molecular flexibility index (Phi) is 5.41. The maximum absolute atomic E-state index is 12.5. The molecule has 1 unspecified atom stereocenters. The molecule has 3 rings (SSSR count). The highest BCUT2D eigenvalue weighted by atomic mass is 32.2. The van der Waals surface area contributed by atoms with Crippen LogP contribution in [-0.2, 0) is 5.75 Å². The zero-order valence-corrected chi connectivity index (χ0v) is 13.7. The lowest BCUT2D eigenvalue weighted by Gasteiger charge is -2.16. The minimum Gasteiger partial charge on any atom is -0.459 e. The van der Waals surface area contributed by atoms with Crippen LogP contribution in [0, 0.1) is 5.92 Å². The molecule has 23 heavy (non-hydrogen) atoms. The summed E-state index contributed by atoms with van der Waals surface area (Å²) in [6.07, 6.45) is 4.42. The average molecular weight is 331 g/mol. The van der Waals surface area contributed by atoms with Crippen LogP contribution in [0.5, 0.6) is 0 Å². The van der Waals surface area contributed by atoms with Gasteiger partial charge in [0.05, 0.1) is 6.26 Å². The van der Waals surface area contributed by atoms with Crippen LogP contribution >= 0.6 is 11.8 Å². The summed E-state index contributed by atoms with van der Waals surface area (Å²) in [5.41, 5.74) is 0.898. The number of rotatable bonds is 8. The molecule has 122 valence electrons. The molecule has 1 heterocycles. The van der Waals surface area contributed by atoms with Gasteiger partial charge in [0.25, 0.3) is 5.91 Å². The molecule has 0 saturated heterocycles. The summed E-state index contributed by atoms with van der Waals surface area (Å²) in [6.45, 7) is 0.0936. The van der Waals surface area contributed by atoms with Gasteiger partial charge in [0.1, 0.15) is 0 Å². The zero-order valence-electron chi connectivity index (χ0n) is 12.9. The normalized spacial score (nSPS) is 15.3. The Bertz CT molecular complexity index is 637. The zero-order chi connectivity index (χ0) is 16.1. The number of hydrogen-bond acceptors (Lipinski definition) is 4. The second-order valence-electron chi connectivity index (χ2n) is 5.81. The van der Waals surface area contributed by atoms with Crippen molar-refractivity contribution in [3.8, 4) is 0 Å². The van der Waals surface area contributed by atoms with Crippen molar-refractivity contribution in [3.05, 3.63) is 54.0 Å². The fraction of sp³-hybridized carbons (Fsp3) is 0.389. The molecular weight excluding hydrogens is 310 g/mol. The summed E-state index contributed by atoms with van der Waals surface area (Å²) >= 11 is 1.68. The van der Waals surface area contributed by atoms with Gasteiger partial charge in [0.2, 0.25) is 0 Å². The van der Waals surface area contributed by atoms with Crippen molar-refractivity contribution in [1.82, 2.24) is 5.32 Å². The minimum absolute atomic E-state index is 0.0484. The Morgan fingerprint density at radius 3 is 2.78 bits per heavy atom. The fourth-order valence-electron chi connectivity index (χ4n) is 2.62. The second-order valence-corrected chi connectivity index (χ2v) is 6.86. The Morgan fingerprint density at radius 1 is 1.30 bits per heavy atom. The Labute approximate surface area is 140 Å². The highest BCUT2D eigenvalue weighted by Crippen LogP contribution is 2.34. The van der Waals surface area contributed by atoms with Crippen LogP contribution in [0.15, 0.2) is 52.0 Å². The van der Waals surface area contributed by atoms with Gasteiger partial charge in [0.15, 0.2) is 5.76 Å². The molecule has 2 N–H and O–H groups in total. The van der Waals surface area contributed by atoms with E-state index in [1.165, 1.54) is 0 Å². The third kappa shape index (κ3) is 4.39. The molecule has 1 fully saturated rings. The maximum atomic E-state index is 12.5. The molecule has 1 aliphatic rings. The molecule has 0 spiro atoms. The van der Waals surface area contributed by atoms with Gasteiger partial charge in [-0.15, -0.1) is 11.8 Å². The van der Waals surface area contributed by atoms with E-state index < -0.39 is 0 Å². The first-order valence-corrected chi connectivity index (χ1v) is 8.92. The van der Waals surface area contributed by atoms with Gasteiger partial charge < -0.3 is 14.8 Å². The van der Waals surface area contributed by atoms with Crippen molar-refractivity contribution in [3.63, 3.8) is 0 Å². The molecule has 1 aromatic heterocycles. The number of thioether (sulfide) groups is 1. The van der Waals surface area contributed by atoms with Crippen LogP contribution in [0.2, 0.25) is 0 Å². The molecule has 4 nitrogen and oxygen atoms in total. The van der Waals surface area contributed by atoms with E-state index in [1.807, 2.05) is 24.3 Å². The Morgan fingerprint density at radius 2 is 2.09 bits per heavy atom. The van der Waals surface area contributed by atoms with Crippen molar-refractivity contribution < 1.29 is 14.3 Å². The number of nitrogens with one attached hydrogen (secondary N) is 1. The Balaban J connectivity index is 1.61.